The largest absolute Gasteiger partial charge is 0.381 e. The van der Waals surface area contributed by atoms with Gasteiger partial charge in [-0.15, -0.1) is 0 Å². The molecule has 0 aromatic carbocycles. The lowest BCUT2D eigenvalue weighted by molar-refractivity contribution is -0.0367. The Labute approximate surface area is 102 Å². The van der Waals surface area contributed by atoms with Gasteiger partial charge in [0, 0.05) is 25.2 Å². The fourth-order valence-corrected chi connectivity index (χ4v) is 2.67. The minimum atomic E-state index is -0.0152. The van der Waals surface area contributed by atoms with E-state index in [9.17, 15) is 0 Å². The molecule has 0 aliphatic carbocycles. The van der Waals surface area contributed by atoms with Gasteiger partial charge in [-0.1, -0.05) is 15.9 Å². The van der Waals surface area contributed by atoms with Gasteiger partial charge in [-0.3, -0.25) is 0 Å². The van der Waals surface area contributed by atoms with E-state index in [0.717, 1.165) is 44.4 Å². The summed E-state index contributed by atoms with van der Waals surface area (Å²) in [5.74, 6) is 0. The molecule has 2 nitrogen and oxygen atoms in total. The first-order valence-electron chi connectivity index (χ1n) is 5.75. The Morgan fingerprint density at radius 3 is 2.33 bits per heavy atom. The third-order valence-corrected chi connectivity index (χ3v) is 4.19. The Hall–Kier alpha value is 0.400. The van der Waals surface area contributed by atoms with Crippen molar-refractivity contribution >= 4 is 15.9 Å². The van der Waals surface area contributed by atoms with E-state index in [4.69, 9.17) is 9.47 Å². The van der Waals surface area contributed by atoms with E-state index < -0.39 is 0 Å². The van der Waals surface area contributed by atoms with Crippen molar-refractivity contribution in [1.82, 2.24) is 0 Å². The smallest absolute Gasteiger partial charge is 0.0598 e. The molecule has 0 saturated carbocycles. The van der Waals surface area contributed by atoms with Gasteiger partial charge in [0.1, 0.15) is 0 Å². The van der Waals surface area contributed by atoms with E-state index in [0.29, 0.717) is 5.41 Å². The quantitative estimate of drug-likeness (QED) is 0.734. The summed E-state index contributed by atoms with van der Waals surface area (Å²) in [5.41, 5.74) is 0.391. The van der Waals surface area contributed by atoms with Gasteiger partial charge in [-0.05, 0) is 45.4 Å². The topological polar surface area (TPSA) is 18.5 Å². The van der Waals surface area contributed by atoms with Crippen LogP contribution in [0, 0.1) is 5.41 Å². The predicted octanol–water partition coefficient (Wildman–Crippen LogP) is 3.38. The predicted molar refractivity (Wildman–Crippen MR) is 66.6 cm³/mol. The molecule has 1 aliphatic rings. The molecule has 0 aromatic rings. The maximum atomic E-state index is 5.80. The van der Waals surface area contributed by atoms with E-state index in [1.54, 1.807) is 0 Å². The molecule has 15 heavy (non-hydrogen) atoms. The minimum Gasteiger partial charge on any atom is -0.381 e. The number of halogens is 1. The highest BCUT2D eigenvalue weighted by atomic mass is 79.9. The van der Waals surface area contributed by atoms with Crippen molar-refractivity contribution in [2.45, 2.75) is 45.6 Å². The monoisotopic (exact) mass is 278 g/mol. The zero-order chi connectivity index (χ0) is 11.4. The molecule has 0 aromatic heterocycles. The minimum absolute atomic E-state index is 0.0152. The molecule has 0 atom stereocenters. The first-order chi connectivity index (χ1) is 6.97. The Bertz CT molecular complexity index is 181. The molecule has 0 bridgehead atoms. The molecule has 0 spiro atoms. The summed E-state index contributed by atoms with van der Waals surface area (Å²) in [6, 6.07) is 0. The maximum absolute atomic E-state index is 5.80. The van der Waals surface area contributed by atoms with Crippen molar-refractivity contribution in [2.24, 2.45) is 5.41 Å². The van der Waals surface area contributed by atoms with Crippen molar-refractivity contribution in [3.63, 3.8) is 0 Å². The standard InChI is InChI=1S/C12H23BrO2/c1-11(2,3)15-9-6-12(10-13)4-7-14-8-5-12/h4-10H2,1-3H3. The van der Waals surface area contributed by atoms with Gasteiger partial charge in [0.2, 0.25) is 0 Å². The first kappa shape index (κ1) is 13.5. The van der Waals surface area contributed by atoms with Crippen LogP contribution in [-0.2, 0) is 9.47 Å². The summed E-state index contributed by atoms with van der Waals surface area (Å²) in [6.45, 7) is 8.99. The summed E-state index contributed by atoms with van der Waals surface area (Å²) in [7, 11) is 0. The lowest BCUT2D eigenvalue weighted by Gasteiger charge is -2.36. The van der Waals surface area contributed by atoms with Gasteiger partial charge in [0.15, 0.2) is 0 Å². The Morgan fingerprint density at radius 2 is 1.87 bits per heavy atom. The average Bonchev–Trinajstić information content (AvgIpc) is 2.17. The van der Waals surface area contributed by atoms with E-state index in [-0.39, 0.29) is 5.60 Å². The van der Waals surface area contributed by atoms with Crippen LogP contribution in [0.3, 0.4) is 0 Å². The van der Waals surface area contributed by atoms with Gasteiger partial charge in [-0.2, -0.15) is 0 Å². The van der Waals surface area contributed by atoms with Crippen molar-refractivity contribution in [1.29, 1.82) is 0 Å². The second-order valence-electron chi connectivity index (χ2n) is 5.46. The first-order valence-corrected chi connectivity index (χ1v) is 6.87. The molecule has 0 radical (unpaired) electrons. The third-order valence-electron chi connectivity index (χ3n) is 3.00. The highest BCUT2D eigenvalue weighted by molar-refractivity contribution is 9.09. The van der Waals surface area contributed by atoms with Crippen LogP contribution in [0.2, 0.25) is 0 Å². The number of hydrogen-bond acceptors (Lipinski definition) is 2. The van der Waals surface area contributed by atoms with Crippen LogP contribution in [0.5, 0.6) is 0 Å². The fraction of sp³-hybridized carbons (Fsp3) is 1.00. The zero-order valence-corrected chi connectivity index (χ0v) is 11.7. The summed E-state index contributed by atoms with van der Waals surface area (Å²) in [5, 5.41) is 1.07. The molecule has 0 amide bonds. The van der Waals surface area contributed by atoms with Crippen molar-refractivity contribution in [3.8, 4) is 0 Å². The molecule has 0 unspecified atom stereocenters. The normalized spacial score (nSPS) is 21.6. The Kier molecular flexibility index (Phi) is 5.07. The summed E-state index contributed by atoms with van der Waals surface area (Å²) in [4.78, 5) is 0. The maximum Gasteiger partial charge on any atom is 0.0598 e. The second kappa shape index (κ2) is 5.65. The number of hydrogen-bond donors (Lipinski definition) is 0. The molecular weight excluding hydrogens is 256 g/mol. The molecule has 1 fully saturated rings. The van der Waals surface area contributed by atoms with Crippen LogP contribution < -0.4 is 0 Å². The summed E-state index contributed by atoms with van der Waals surface area (Å²) >= 11 is 3.64. The molecule has 1 saturated heterocycles. The van der Waals surface area contributed by atoms with E-state index >= 15 is 0 Å². The van der Waals surface area contributed by atoms with E-state index in [1.165, 1.54) is 0 Å². The second-order valence-corrected chi connectivity index (χ2v) is 6.02. The van der Waals surface area contributed by atoms with Gasteiger partial charge in [0.25, 0.3) is 0 Å². The Balaban J connectivity index is 2.33. The zero-order valence-electron chi connectivity index (χ0n) is 10.1. The fourth-order valence-electron chi connectivity index (χ4n) is 1.83. The summed E-state index contributed by atoms with van der Waals surface area (Å²) < 4.78 is 11.2. The van der Waals surface area contributed by atoms with Crippen molar-refractivity contribution in [2.75, 3.05) is 25.2 Å². The van der Waals surface area contributed by atoms with Crippen molar-refractivity contribution < 1.29 is 9.47 Å². The van der Waals surface area contributed by atoms with Crippen LogP contribution >= 0.6 is 15.9 Å². The number of ether oxygens (including phenoxy) is 2. The lowest BCUT2D eigenvalue weighted by atomic mass is 9.79. The highest BCUT2D eigenvalue weighted by Crippen LogP contribution is 2.36. The number of rotatable bonds is 4. The molecule has 3 heteroatoms. The highest BCUT2D eigenvalue weighted by Gasteiger charge is 2.31. The molecular formula is C12H23BrO2. The van der Waals surface area contributed by atoms with E-state index in [2.05, 4.69) is 36.7 Å². The lowest BCUT2D eigenvalue weighted by Crippen LogP contribution is -2.33. The molecule has 90 valence electrons. The molecule has 1 rings (SSSR count). The van der Waals surface area contributed by atoms with Crippen LogP contribution in [-0.4, -0.2) is 30.8 Å². The van der Waals surface area contributed by atoms with Crippen LogP contribution in [0.4, 0.5) is 0 Å². The van der Waals surface area contributed by atoms with Gasteiger partial charge < -0.3 is 9.47 Å². The third kappa shape index (κ3) is 4.83. The molecule has 1 heterocycles. The molecule has 0 N–H and O–H groups in total. The van der Waals surface area contributed by atoms with Crippen molar-refractivity contribution in [3.05, 3.63) is 0 Å². The van der Waals surface area contributed by atoms with Crippen LogP contribution in [0.15, 0.2) is 0 Å². The van der Waals surface area contributed by atoms with E-state index in [1.807, 2.05) is 0 Å². The number of alkyl halides is 1. The van der Waals surface area contributed by atoms with Gasteiger partial charge in [0.05, 0.1) is 5.60 Å². The Morgan fingerprint density at radius 1 is 1.27 bits per heavy atom. The van der Waals surface area contributed by atoms with Gasteiger partial charge >= 0.3 is 0 Å². The van der Waals surface area contributed by atoms with Crippen LogP contribution in [0.1, 0.15) is 40.0 Å². The summed E-state index contributed by atoms with van der Waals surface area (Å²) in [6.07, 6.45) is 3.45. The van der Waals surface area contributed by atoms with Crippen LogP contribution in [0.25, 0.3) is 0 Å². The molecule has 1 aliphatic heterocycles. The van der Waals surface area contributed by atoms with Gasteiger partial charge in [-0.25, -0.2) is 0 Å². The average molecular weight is 279 g/mol. The SMILES string of the molecule is CC(C)(C)OCCC1(CBr)CCOCC1.